The number of nitrogens with zero attached hydrogens (tertiary/aromatic N) is 7. The fourth-order valence-corrected chi connectivity index (χ4v) is 5.64. The van der Waals surface area contributed by atoms with Crippen molar-refractivity contribution in [3.63, 3.8) is 0 Å². The number of benzene rings is 3. The monoisotopic (exact) mass is 573 g/mol. The van der Waals surface area contributed by atoms with Crippen LogP contribution in [-0.4, -0.2) is 33.2 Å². The minimum atomic E-state index is -0.317. The minimum absolute atomic E-state index is 0.289. The molecule has 0 amide bonds. The fourth-order valence-electron chi connectivity index (χ4n) is 5.64. The molecule has 0 aliphatic carbocycles. The van der Waals surface area contributed by atoms with Gasteiger partial charge in [0, 0.05) is 18.0 Å². The summed E-state index contributed by atoms with van der Waals surface area (Å²) in [4.78, 5) is 42.6. The van der Waals surface area contributed by atoms with E-state index in [1.807, 2.05) is 115 Å². The van der Waals surface area contributed by atoms with Gasteiger partial charge in [-0.15, -0.1) is 0 Å². The molecular weight excluding hydrogens is 550 g/mol. The Morgan fingerprint density at radius 2 is 1.02 bits per heavy atom. The maximum absolute atomic E-state index is 14.4. The van der Waals surface area contributed by atoms with Crippen molar-refractivity contribution in [2.24, 2.45) is 0 Å². The summed E-state index contributed by atoms with van der Waals surface area (Å²) < 4.78 is 6.31. The predicted molar refractivity (Wildman–Crippen MR) is 170 cm³/mol. The third-order valence-corrected chi connectivity index (χ3v) is 7.59. The Balaban J connectivity index is 1.51. The summed E-state index contributed by atoms with van der Waals surface area (Å²) in [5.41, 5.74) is 4.90. The summed E-state index contributed by atoms with van der Waals surface area (Å²) >= 11 is 0. The van der Waals surface area contributed by atoms with Crippen LogP contribution in [0.15, 0.2) is 149 Å². The van der Waals surface area contributed by atoms with Crippen LogP contribution in [0.3, 0.4) is 0 Å². The van der Waals surface area contributed by atoms with Crippen molar-refractivity contribution in [3.8, 4) is 34.1 Å². The first-order chi connectivity index (χ1) is 21.7. The van der Waals surface area contributed by atoms with Crippen LogP contribution in [0.1, 0.15) is 0 Å². The highest BCUT2D eigenvalue weighted by atomic mass is 16.2. The van der Waals surface area contributed by atoms with E-state index in [1.165, 1.54) is 4.57 Å². The summed E-state index contributed by atoms with van der Waals surface area (Å²) in [5.74, 6) is 0.428. The zero-order valence-corrected chi connectivity index (χ0v) is 23.2. The highest BCUT2D eigenvalue weighted by Gasteiger charge is 2.24. The molecule has 3 aromatic carbocycles. The van der Waals surface area contributed by atoms with Gasteiger partial charge >= 0.3 is 11.4 Å². The van der Waals surface area contributed by atoms with Gasteiger partial charge in [-0.2, -0.15) is 0 Å². The molecule has 210 valence electrons. The second kappa shape index (κ2) is 10.2. The van der Waals surface area contributed by atoms with E-state index in [0.29, 0.717) is 45.2 Å². The van der Waals surface area contributed by atoms with E-state index in [2.05, 4.69) is 9.97 Å². The molecule has 0 aliphatic rings. The average Bonchev–Trinajstić information content (AvgIpc) is 3.53. The van der Waals surface area contributed by atoms with Gasteiger partial charge in [-0.1, -0.05) is 60.7 Å². The highest BCUT2D eigenvalue weighted by Crippen LogP contribution is 2.28. The molecule has 5 aromatic heterocycles. The third kappa shape index (κ3) is 3.98. The van der Waals surface area contributed by atoms with E-state index < -0.39 is 0 Å². The smallest absolute Gasteiger partial charge is 0.258 e. The first-order valence-corrected chi connectivity index (χ1v) is 14.0. The quantitative estimate of drug-likeness (QED) is 0.262. The molecule has 0 bridgehead atoms. The molecule has 9 heteroatoms. The van der Waals surface area contributed by atoms with Crippen LogP contribution >= 0.6 is 0 Å². The molecule has 9 nitrogen and oxygen atoms in total. The molecular formula is C35H23N7O2. The van der Waals surface area contributed by atoms with E-state index in [-0.39, 0.29) is 11.4 Å². The van der Waals surface area contributed by atoms with E-state index in [0.717, 1.165) is 11.3 Å². The zero-order chi connectivity index (χ0) is 29.6. The molecule has 0 saturated heterocycles. The number of para-hydroxylation sites is 2. The second-order valence-corrected chi connectivity index (χ2v) is 10.2. The van der Waals surface area contributed by atoms with E-state index in [1.54, 1.807) is 38.2 Å². The number of fused-ring (bicyclic) bond motifs is 2. The second-order valence-electron chi connectivity index (χ2n) is 10.2. The van der Waals surface area contributed by atoms with Gasteiger partial charge in [-0.25, -0.2) is 28.7 Å². The average molecular weight is 574 g/mol. The molecule has 8 aromatic rings. The number of hydrogen-bond donors (Lipinski definition) is 0. The van der Waals surface area contributed by atoms with E-state index in [4.69, 9.17) is 4.98 Å². The lowest BCUT2D eigenvalue weighted by Gasteiger charge is -2.07. The molecule has 0 spiro atoms. The third-order valence-electron chi connectivity index (χ3n) is 7.59. The summed E-state index contributed by atoms with van der Waals surface area (Å²) in [6, 6.07) is 39.4. The predicted octanol–water partition coefficient (Wildman–Crippen LogP) is 5.73. The Morgan fingerprint density at radius 1 is 0.455 bits per heavy atom. The maximum atomic E-state index is 14.4. The van der Waals surface area contributed by atoms with Crippen LogP contribution < -0.4 is 11.4 Å². The Morgan fingerprint density at radius 3 is 1.64 bits per heavy atom. The van der Waals surface area contributed by atoms with Gasteiger partial charge in [0.05, 0.1) is 33.8 Å². The van der Waals surface area contributed by atoms with Crippen LogP contribution in [0.25, 0.3) is 56.5 Å². The Bertz CT molecular complexity index is 2410. The van der Waals surface area contributed by atoms with Gasteiger partial charge in [-0.3, -0.25) is 14.1 Å². The summed E-state index contributed by atoms with van der Waals surface area (Å²) in [6.45, 7) is 0. The van der Waals surface area contributed by atoms with Gasteiger partial charge in [0.2, 0.25) is 0 Å². The molecule has 0 aliphatic heterocycles. The van der Waals surface area contributed by atoms with Crippen molar-refractivity contribution in [3.05, 3.63) is 161 Å². The summed E-state index contributed by atoms with van der Waals surface area (Å²) in [7, 11) is 0. The van der Waals surface area contributed by atoms with Gasteiger partial charge < -0.3 is 0 Å². The SMILES string of the molecule is O=c1n(-c2ccccc2)c2cc3c(nc2n1-c1cccc(-c2ccccn2)c1)n(-c1ccccn1)c(=O)n3-c1ccccc1. The Hall–Kier alpha value is -6.35. The largest absolute Gasteiger partial charge is 0.340 e. The molecule has 0 saturated carbocycles. The molecule has 0 unspecified atom stereocenters. The molecule has 5 heterocycles. The molecule has 0 fully saturated rings. The molecule has 0 radical (unpaired) electrons. The van der Waals surface area contributed by atoms with E-state index >= 15 is 0 Å². The van der Waals surface area contributed by atoms with Crippen molar-refractivity contribution in [2.45, 2.75) is 0 Å². The Labute approximate surface area is 250 Å². The first kappa shape index (κ1) is 25.4. The molecule has 0 N–H and O–H groups in total. The summed E-state index contributed by atoms with van der Waals surface area (Å²) in [5, 5.41) is 0. The van der Waals surface area contributed by atoms with Gasteiger partial charge in [-0.05, 0) is 66.7 Å². The molecule has 0 atom stereocenters. The number of imidazole rings is 2. The van der Waals surface area contributed by atoms with Crippen LogP contribution in [0.4, 0.5) is 0 Å². The number of hydrogen-bond acceptors (Lipinski definition) is 5. The lowest BCUT2D eigenvalue weighted by atomic mass is 10.1. The van der Waals surface area contributed by atoms with Crippen molar-refractivity contribution in [1.29, 1.82) is 0 Å². The Kier molecular flexibility index (Phi) is 5.87. The number of aromatic nitrogens is 7. The normalized spacial score (nSPS) is 11.4. The van der Waals surface area contributed by atoms with Crippen LogP contribution in [0, 0.1) is 0 Å². The van der Waals surface area contributed by atoms with E-state index in [9.17, 15) is 9.59 Å². The van der Waals surface area contributed by atoms with Crippen LogP contribution in [0.5, 0.6) is 0 Å². The van der Waals surface area contributed by atoms with Gasteiger partial charge in [0.25, 0.3) is 0 Å². The van der Waals surface area contributed by atoms with Crippen molar-refractivity contribution in [1.82, 2.24) is 33.2 Å². The lowest BCUT2D eigenvalue weighted by Crippen LogP contribution is -2.23. The molecule has 44 heavy (non-hydrogen) atoms. The summed E-state index contributed by atoms with van der Waals surface area (Å²) in [6.07, 6.45) is 3.37. The molecule has 8 rings (SSSR count). The fraction of sp³-hybridized carbons (Fsp3) is 0. The van der Waals surface area contributed by atoms with Crippen molar-refractivity contribution < 1.29 is 0 Å². The number of rotatable bonds is 5. The van der Waals surface area contributed by atoms with Crippen LogP contribution in [0.2, 0.25) is 0 Å². The topological polar surface area (TPSA) is 92.5 Å². The van der Waals surface area contributed by atoms with Crippen molar-refractivity contribution in [2.75, 3.05) is 0 Å². The van der Waals surface area contributed by atoms with Crippen LogP contribution in [-0.2, 0) is 0 Å². The zero-order valence-electron chi connectivity index (χ0n) is 23.2. The maximum Gasteiger partial charge on any atom is 0.340 e. The first-order valence-electron chi connectivity index (χ1n) is 14.0. The van der Waals surface area contributed by atoms with Gasteiger partial charge in [0.15, 0.2) is 11.3 Å². The lowest BCUT2D eigenvalue weighted by molar-refractivity contribution is 0.896. The standard InChI is InChI=1S/C35H23N7O2/c43-34-39(25-13-3-1-4-14-25)29-23-30-33(38-32(29)41(34)27-17-11-12-24(22-27)28-18-7-9-20-36-28)42(31-19-8-10-21-37-31)35(44)40(30)26-15-5-2-6-16-26/h1-23H. The minimum Gasteiger partial charge on any atom is -0.258 e. The van der Waals surface area contributed by atoms with Crippen molar-refractivity contribution >= 4 is 22.3 Å². The number of pyridine rings is 3. The van der Waals surface area contributed by atoms with Gasteiger partial charge in [0.1, 0.15) is 5.82 Å². The highest BCUT2D eigenvalue weighted by molar-refractivity contribution is 5.90.